The van der Waals surface area contributed by atoms with Gasteiger partial charge in [-0.05, 0) is 24.0 Å². The molecule has 0 unspecified atom stereocenters. The highest BCUT2D eigenvalue weighted by Gasteiger charge is 2.18. The molecule has 4 heteroatoms. The zero-order valence-corrected chi connectivity index (χ0v) is 10.6. The van der Waals surface area contributed by atoms with Gasteiger partial charge in [0, 0.05) is 19.6 Å². The van der Waals surface area contributed by atoms with E-state index in [0.29, 0.717) is 19.7 Å². The smallest absolute Gasteiger partial charge is 0.248 e. The summed E-state index contributed by atoms with van der Waals surface area (Å²) in [5, 5.41) is 0. The first kappa shape index (κ1) is 13.1. The molecular weight excluding hydrogens is 228 g/mol. The third-order valence-corrected chi connectivity index (χ3v) is 3.19. The van der Waals surface area contributed by atoms with Crippen LogP contribution in [0.5, 0.6) is 0 Å². The monoisotopic (exact) mass is 248 g/mol. The minimum Gasteiger partial charge on any atom is -0.370 e. The van der Waals surface area contributed by atoms with Crippen molar-refractivity contribution in [1.29, 1.82) is 0 Å². The predicted molar refractivity (Wildman–Crippen MR) is 70.1 cm³/mol. The number of nitrogens with zero attached hydrogens (tertiary/aromatic N) is 1. The second kappa shape index (κ2) is 6.52. The Kier molecular flexibility index (Phi) is 4.73. The van der Waals surface area contributed by atoms with E-state index in [1.54, 1.807) is 0 Å². The summed E-state index contributed by atoms with van der Waals surface area (Å²) in [7, 11) is 0. The van der Waals surface area contributed by atoms with Crippen LogP contribution in [0.3, 0.4) is 0 Å². The molecule has 2 N–H and O–H groups in total. The Hall–Kier alpha value is -1.39. The van der Waals surface area contributed by atoms with Crippen molar-refractivity contribution >= 4 is 5.91 Å². The van der Waals surface area contributed by atoms with Crippen molar-refractivity contribution in [2.75, 3.05) is 26.3 Å². The number of carbonyl (C=O) groups excluding carboxylic acids is 1. The van der Waals surface area contributed by atoms with Crippen LogP contribution in [0.15, 0.2) is 24.3 Å². The summed E-state index contributed by atoms with van der Waals surface area (Å²) in [6.45, 7) is 2.53. The predicted octanol–water partition coefficient (Wildman–Crippen LogP) is 0.937. The fourth-order valence-corrected chi connectivity index (χ4v) is 2.25. The van der Waals surface area contributed by atoms with Gasteiger partial charge in [0.2, 0.25) is 5.91 Å². The van der Waals surface area contributed by atoms with Crippen LogP contribution in [0, 0.1) is 0 Å². The second-order valence-electron chi connectivity index (χ2n) is 4.53. The van der Waals surface area contributed by atoms with Crippen LogP contribution in [-0.2, 0) is 22.5 Å². The van der Waals surface area contributed by atoms with E-state index in [1.165, 1.54) is 11.1 Å². The summed E-state index contributed by atoms with van der Waals surface area (Å²) in [5.74, 6) is 0.0557. The molecule has 18 heavy (non-hydrogen) atoms. The molecular formula is C14H20N2O2. The molecule has 1 aromatic carbocycles. The van der Waals surface area contributed by atoms with Gasteiger partial charge in [0.25, 0.3) is 0 Å². The van der Waals surface area contributed by atoms with E-state index in [0.717, 1.165) is 19.4 Å². The Morgan fingerprint density at radius 3 is 2.89 bits per heavy atom. The van der Waals surface area contributed by atoms with Crippen LogP contribution in [0.4, 0.5) is 0 Å². The van der Waals surface area contributed by atoms with Crippen molar-refractivity contribution in [3.05, 3.63) is 35.4 Å². The SMILES string of the molecule is NCCOCC(=O)N1CCCc2ccccc2C1. The van der Waals surface area contributed by atoms with Crippen molar-refractivity contribution in [3.63, 3.8) is 0 Å². The van der Waals surface area contributed by atoms with Gasteiger partial charge in [-0.1, -0.05) is 24.3 Å². The highest BCUT2D eigenvalue weighted by atomic mass is 16.5. The standard InChI is InChI=1S/C14H20N2O2/c15-7-9-18-11-14(17)16-8-3-6-12-4-1-2-5-13(12)10-16/h1-2,4-5H,3,6-11,15H2. The molecule has 0 saturated carbocycles. The molecule has 98 valence electrons. The van der Waals surface area contributed by atoms with Crippen molar-refractivity contribution in [2.24, 2.45) is 5.73 Å². The Labute approximate surface area is 108 Å². The molecule has 1 aliphatic heterocycles. The molecule has 1 amide bonds. The van der Waals surface area contributed by atoms with Crippen molar-refractivity contribution in [1.82, 2.24) is 4.90 Å². The quantitative estimate of drug-likeness (QED) is 0.807. The van der Waals surface area contributed by atoms with E-state index >= 15 is 0 Å². The zero-order valence-electron chi connectivity index (χ0n) is 10.6. The lowest BCUT2D eigenvalue weighted by Gasteiger charge is -2.20. The molecule has 2 rings (SSSR count). The first-order chi connectivity index (χ1) is 8.81. The number of amides is 1. The average molecular weight is 248 g/mol. The van der Waals surface area contributed by atoms with Crippen LogP contribution in [0.1, 0.15) is 17.5 Å². The molecule has 0 aromatic heterocycles. The number of carbonyl (C=O) groups is 1. The van der Waals surface area contributed by atoms with Gasteiger partial charge in [0.15, 0.2) is 0 Å². The van der Waals surface area contributed by atoms with Gasteiger partial charge < -0.3 is 15.4 Å². The van der Waals surface area contributed by atoms with Gasteiger partial charge in [0.05, 0.1) is 6.61 Å². The fourth-order valence-electron chi connectivity index (χ4n) is 2.25. The molecule has 0 spiro atoms. The fraction of sp³-hybridized carbons (Fsp3) is 0.500. The largest absolute Gasteiger partial charge is 0.370 e. The molecule has 4 nitrogen and oxygen atoms in total. The van der Waals surface area contributed by atoms with E-state index in [4.69, 9.17) is 10.5 Å². The first-order valence-electron chi connectivity index (χ1n) is 6.43. The summed E-state index contributed by atoms with van der Waals surface area (Å²) >= 11 is 0. The zero-order chi connectivity index (χ0) is 12.8. The summed E-state index contributed by atoms with van der Waals surface area (Å²) < 4.78 is 5.21. The molecule has 0 radical (unpaired) electrons. The molecule has 0 saturated heterocycles. The lowest BCUT2D eigenvalue weighted by atomic mass is 10.0. The number of fused-ring (bicyclic) bond motifs is 1. The second-order valence-corrected chi connectivity index (χ2v) is 4.53. The van der Waals surface area contributed by atoms with Crippen molar-refractivity contribution in [3.8, 4) is 0 Å². The van der Waals surface area contributed by atoms with E-state index < -0.39 is 0 Å². The normalized spacial score (nSPS) is 15.1. The number of ether oxygens (including phenoxy) is 1. The Morgan fingerprint density at radius 2 is 2.11 bits per heavy atom. The Balaban J connectivity index is 1.97. The topological polar surface area (TPSA) is 55.6 Å². The molecule has 0 fully saturated rings. The van der Waals surface area contributed by atoms with E-state index in [1.807, 2.05) is 11.0 Å². The summed E-state index contributed by atoms with van der Waals surface area (Å²) in [6.07, 6.45) is 2.06. The van der Waals surface area contributed by atoms with E-state index in [2.05, 4.69) is 18.2 Å². The molecule has 0 atom stereocenters. The number of rotatable bonds is 4. The van der Waals surface area contributed by atoms with Crippen LogP contribution < -0.4 is 5.73 Å². The third-order valence-electron chi connectivity index (χ3n) is 3.19. The van der Waals surface area contributed by atoms with Crippen LogP contribution in [0.25, 0.3) is 0 Å². The van der Waals surface area contributed by atoms with Gasteiger partial charge in [-0.25, -0.2) is 0 Å². The van der Waals surface area contributed by atoms with Crippen LogP contribution in [-0.4, -0.2) is 37.1 Å². The lowest BCUT2D eigenvalue weighted by molar-refractivity contribution is -0.136. The maximum atomic E-state index is 12.0. The number of hydrogen-bond acceptors (Lipinski definition) is 3. The van der Waals surface area contributed by atoms with Crippen LogP contribution in [0.2, 0.25) is 0 Å². The minimum absolute atomic E-state index is 0.0557. The number of benzene rings is 1. The number of hydrogen-bond donors (Lipinski definition) is 1. The maximum absolute atomic E-state index is 12.0. The number of aryl methyl sites for hydroxylation is 1. The van der Waals surface area contributed by atoms with Gasteiger partial charge in [-0.15, -0.1) is 0 Å². The molecule has 1 aromatic rings. The van der Waals surface area contributed by atoms with Crippen LogP contribution >= 0.6 is 0 Å². The van der Waals surface area contributed by atoms with Gasteiger partial charge in [-0.3, -0.25) is 4.79 Å². The summed E-state index contributed by atoms with van der Waals surface area (Å²) in [5.41, 5.74) is 7.94. The van der Waals surface area contributed by atoms with E-state index in [9.17, 15) is 4.79 Å². The minimum atomic E-state index is 0.0557. The summed E-state index contributed by atoms with van der Waals surface area (Å²) in [6, 6.07) is 8.33. The van der Waals surface area contributed by atoms with Gasteiger partial charge in [-0.2, -0.15) is 0 Å². The third kappa shape index (κ3) is 3.31. The average Bonchev–Trinajstić information content (AvgIpc) is 2.61. The Morgan fingerprint density at radius 1 is 1.33 bits per heavy atom. The molecule has 0 bridgehead atoms. The Bertz CT molecular complexity index is 407. The van der Waals surface area contributed by atoms with Gasteiger partial charge >= 0.3 is 0 Å². The summed E-state index contributed by atoms with van der Waals surface area (Å²) in [4.78, 5) is 13.9. The highest BCUT2D eigenvalue weighted by molar-refractivity contribution is 5.77. The van der Waals surface area contributed by atoms with E-state index in [-0.39, 0.29) is 12.5 Å². The maximum Gasteiger partial charge on any atom is 0.248 e. The highest BCUT2D eigenvalue weighted by Crippen LogP contribution is 2.18. The lowest BCUT2D eigenvalue weighted by Crippen LogP contribution is -2.34. The molecule has 0 aliphatic carbocycles. The first-order valence-corrected chi connectivity index (χ1v) is 6.43. The molecule has 1 heterocycles. The van der Waals surface area contributed by atoms with Gasteiger partial charge in [0.1, 0.15) is 6.61 Å². The van der Waals surface area contributed by atoms with Crippen molar-refractivity contribution in [2.45, 2.75) is 19.4 Å². The van der Waals surface area contributed by atoms with Crippen molar-refractivity contribution < 1.29 is 9.53 Å². The number of nitrogens with two attached hydrogens (primary N) is 1. The molecule has 1 aliphatic rings.